The van der Waals surface area contributed by atoms with Gasteiger partial charge in [0.1, 0.15) is 6.04 Å². The molecule has 0 saturated carbocycles. The number of benzene rings is 2. The maximum Gasteiger partial charge on any atom is 0.251 e. The highest BCUT2D eigenvalue weighted by molar-refractivity contribution is 5.96. The summed E-state index contributed by atoms with van der Waals surface area (Å²) in [5, 5.41) is 18.1. The SMILES string of the molecule is CC1=C(C(=O)NCc2ccccc2)C(c2ccc(N(C)C)cc2)n2nnnc2N1. The number of nitrogens with one attached hydrogen (secondary N) is 2. The van der Waals surface area contributed by atoms with Gasteiger partial charge in [0.05, 0.1) is 5.57 Å². The van der Waals surface area contributed by atoms with Crippen molar-refractivity contribution < 1.29 is 4.79 Å². The molecule has 1 atom stereocenters. The van der Waals surface area contributed by atoms with Crippen LogP contribution in [0.15, 0.2) is 65.9 Å². The lowest BCUT2D eigenvalue weighted by Gasteiger charge is -2.28. The number of tetrazole rings is 1. The van der Waals surface area contributed by atoms with E-state index in [0.717, 1.165) is 22.5 Å². The fraction of sp³-hybridized carbons (Fsp3) is 0.238. The molecule has 0 saturated heterocycles. The van der Waals surface area contributed by atoms with Crippen LogP contribution in [-0.2, 0) is 11.3 Å². The van der Waals surface area contributed by atoms with Crippen LogP contribution >= 0.6 is 0 Å². The van der Waals surface area contributed by atoms with Crippen LogP contribution in [0.3, 0.4) is 0 Å². The standard InChI is InChI=1S/C21H23N7O/c1-14-18(20(29)22-13-15-7-5-4-6-8-15)19(28-21(23-14)24-25-26-28)16-9-11-17(12-10-16)27(2)3/h4-12,19H,13H2,1-3H3,(H,22,29)(H,23,24,26). The molecule has 1 aliphatic heterocycles. The zero-order valence-corrected chi connectivity index (χ0v) is 16.6. The van der Waals surface area contributed by atoms with E-state index in [2.05, 4.69) is 26.2 Å². The molecule has 2 N–H and O–H groups in total. The molecule has 8 heteroatoms. The molecule has 2 heterocycles. The summed E-state index contributed by atoms with van der Waals surface area (Å²) in [5.74, 6) is 0.366. The first kappa shape index (κ1) is 18.7. The minimum Gasteiger partial charge on any atom is -0.378 e. The van der Waals surface area contributed by atoms with Crippen molar-refractivity contribution in [3.05, 3.63) is 77.0 Å². The molecular formula is C21H23N7O. The van der Waals surface area contributed by atoms with Gasteiger partial charge in [-0.3, -0.25) is 4.79 Å². The lowest BCUT2D eigenvalue weighted by atomic mass is 9.94. The number of amides is 1. The predicted octanol–water partition coefficient (Wildman–Crippen LogP) is 2.34. The Kier molecular flexibility index (Phi) is 4.99. The number of allylic oxidation sites excluding steroid dienone is 1. The number of hydrogen-bond acceptors (Lipinski definition) is 6. The number of anilines is 2. The van der Waals surface area contributed by atoms with Gasteiger partial charge in [-0.05, 0) is 40.6 Å². The Morgan fingerprint density at radius 1 is 1.14 bits per heavy atom. The highest BCUT2D eigenvalue weighted by Gasteiger charge is 2.33. The molecule has 0 aliphatic carbocycles. The van der Waals surface area contributed by atoms with Crippen molar-refractivity contribution in [1.82, 2.24) is 25.5 Å². The van der Waals surface area contributed by atoms with E-state index in [4.69, 9.17) is 0 Å². The van der Waals surface area contributed by atoms with Crippen LogP contribution in [-0.4, -0.2) is 40.2 Å². The Morgan fingerprint density at radius 3 is 2.55 bits per heavy atom. The molecule has 1 aliphatic rings. The summed E-state index contributed by atoms with van der Waals surface area (Å²) >= 11 is 0. The highest BCUT2D eigenvalue weighted by Crippen LogP contribution is 2.34. The second-order valence-corrected chi connectivity index (χ2v) is 7.17. The van der Waals surface area contributed by atoms with Gasteiger partial charge < -0.3 is 15.5 Å². The summed E-state index contributed by atoms with van der Waals surface area (Å²) in [6.45, 7) is 2.32. The van der Waals surface area contributed by atoms with Crippen LogP contribution in [0.5, 0.6) is 0 Å². The van der Waals surface area contributed by atoms with Gasteiger partial charge >= 0.3 is 0 Å². The van der Waals surface area contributed by atoms with Gasteiger partial charge in [0.25, 0.3) is 5.91 Å². The fourth-order valence-electron chi connectivity index (χ4n) is 3.44. The molecule has 8 nitrogen and oxygen atoms in total. The fourth-order valence-corrected chi connectivity index (χ4v) is 3.44. The molecule has 29 heavy (non-hydrogen) atoms. The Labute approximate surface area is 169 Å². The van der Waals surface area contributed by atoms with Crippen molar-refractivity contribution >= 4 is 17.5 Å². The normalized spacial score (nSPS) is 15.5. The summed E-state index contributed by atoms with van der Waals surface area (Å²) < 4.78 is 1.65. The summed E-state index contributed by atoms with van der Waals surface area (Å²) in [4.78, 5) is 15.2. The maximum absolute atomic E-state index is 13.2. The van der Waals surface area contributed by atoms with Gasteiger partial charge in [0.2, 0.25) is 5.95 Å². The van der Waals surface area contributed by atoms with Crippen molar-refractivity contribution in [2.45, 2.75) is 19.5 Å². The van der Waals surface area contributed by atoms with E-state index in [1.807, 2.05) is 80.5 Å². The maximum atomic E-state index is 13.2. The first-order valence-corrected chi connectivity index (χ1v) is 9.39. The molecule has 4 rings (SSSR count). The van der Waals surface area contributed by atoms with Crippen molar-refractivity contribution in [2.24, 2.45) is 0 Å². The summed E-state index contributed by atoms with van der Waals surface area (Å²) in [7, 11) is 3.98. The van der Waals surface area contributed by atoms with E-state index in [-0.39, 0.29) is 5.91 Å². The van der Waals surface area contributed by atoms with Gasteiger partial charge in [-0.1, -0.05) is 47.6 Å². The predicted molar refractivity (Wildman–Crippen MR) is 111 cm³/mol. The minimum atomic E-state index is -0.409. The van der Waals surface area contributed by atoms with Gasteiger partial charge in [0, 0.05) is 32.0 Å². The van der Waals surface area contributed by atoms with Crippen LogP contribution < -0.4 is 15.5 Å². The van der Waals surface area contributed by atoms with Crippen LogP contribution in [0.1, 0.15) is 24.1 Å². The number of carbonyl (C=O) groups excluding carboxylic acids is 1. The van der Waals surface area contributed by atoms with Crippen molar-refractivity contribution in [2.75, 3.05) is 24.3 Å². The highest BCUT2D eigenvalue weighted by atomic mass is 16.1. The quantitative estimate of drug-likeness (QED) is 0.696. The Hall–Kier alpha value is -3.68. The molecule has 1 unspecified atom stereocenters. The summed E-state index contributed by atoms with van der Waals surface area (Å²) in [6, 6.07) is 17.5. The number of carbonyl (C=O) groups is 1. The number of fused-ring (bicyclic) bond motifs is 1. The number of hydrogen-bond donors (Lipinski definition) is 2. The zero-order chi connectivity index (χ0) is 20.4. The Bertz CT molecular complexity index is 1040. The Balaban J connectivity index is 1.67. The number of rotatable bonds is 5. The van der Waals surface area contributed by atoms with E-state index in [1.165, 1.54) is 0 Å². The van der Waals surface area contributed by atoms with Crippen LogP contribution in [0.25, 0.3) is 0 Å². The molecule has 0 fully saturated rings. The molecule has 0 bridgehead atoms. The molecule has 1 aromatic heterocycles. The lowest BCUT2D eigenvalue weighted by molar-refractivity contribution is -0.118. The zero-order valence-electron chi connectivity index (χ0n) is 16.6. The van der Waals surface area contributed by atoms with E-state index >= 15 is 0 Å². The van der Waals surface area contributed by atoms with Gasteiger partial charge in [-0.15, -0.1) is 0 Å². The smallest absolute Gasteiger partial charge is 0.251 e. The molecular weight excluding hydrogens is 366 g/mol. The second-order valence-electron chi connectivity index (χ2n) is 7.17. The molecule has 0 spiro atoms. The molecule has 3 aromatic rings. The van der Waals surface area contributed by atoms with Gasteiger partial charge in [0.15, 0.2) is 0 Å². The monoisotopic (exact) mass is 389 g/mol. The average Bonchev–Trinajstić information content (AvgIpc) is 3.20. The van der Waals surface area contributed by atoms with Crippen molar-refractivity contribution in [3.8, 4) is 0 Å². The first-order chi connectivity index (χ1) is 14.0. The van der Waals surface area contributed by atoms with Crippen LogP contribution in [0, 0.1) is 0 Å². The topological polar surface area (TPSA) is 88.0 Å². The van der Waals surface area contributed by atoms with E-state index in [0.29, 0.717) is 18.1 Å². The van der Waals surface area contributed by atoms with Gasteiger partial charge in [-0.25, -0.2) is 0 Å². The summed E-state index contributed by atoms with van der Waals surface area (Å²) in [6.07, 6.45) is 0. The minimum absolute atomic E-state index is 0.151. The van der Waals surface area contributed by atoms with Crippen molar-refractivity contribution in [1.29, 1.82) is 0 Å². The van der Waals surface area contributed by atoms with E-state index < -0.39 is 6.04 Å². The molecule has 1 amide bonds. The molecule has 0 radical (unpaired) electrons. The van der Waals surface area contributed by atoms with Crippen molar-refractivity contribution in [3.63, 3.8) is 0 Å². The third kappa shape index (κ3) is 3.69. The molecule has 2 aromatic carbocycles. The third-order valence-electron chi connectivity index (χ3n) is 4.98. The summed E-state index contributed by atoms with van der Waals surface area (Å²) in [5.41, 5.74) is 4.39. The number of aromatic nitrogens is 4. The average molecular weight is 389 g/mol. The van der Waals surface area contributed by atoms with E-state index in [9.17, 15) is 4.79 Å². The molecule has 148 valence electrons. The lowest BCUT2D eigenvalue weighted by Crippen LogP contribution is -2.35. The second kappa shape index (κ2) is 7.75. The third-order valence-corrected chi connectivity index (χ3v) is 4.98. The first-order valence-electron chi connectivity index (χ1n) is 9.39. The van der Waals surface area contributed by atoms with Gasteiger partial charge in [-0.2, -0.15) is 4.68 Å². The Morgan fingerprint density at radius 2 is 1.86 bits per heavy atom. The van der Waals surface area contributed by atoms with E-state index in [1.54, 1.807) is 4.68 Å². The van der Waals surface area contributed by atoms with Crippen LogP contribution in [0.2, 0.25) is 0 Å². The largest absolute Gasteiger partial charge is 0.378 e. The number of nitrogens with zero attached hydrogens (tertiary/aromatic N) is 5. The van der Waals surface area contributed by atoms with Crippen LogP contribution in [0.4, 0.5) is 11.6 Å².